The van der Waals surface area contributed by atoms with Gasteiger partial charge in [-0.1, -0.05) is 19.1 Å². The lowest BCUT2D eigenvalue weighted by Crippen LogP contribution is -2.44. The van der Waals surface area contributed by atoms with Crippen molar-refractivity contribution in [1.82, 2.24) is 5.32 Å². The van der Waals surface area contributed by atoms with Crippen LogP contribution in [0.25, 0.3) is 0 Å². The largest absolute Gasteiger partial charge is 0.371 e. The van der Waals surface area contributed by atoms with Crippen molar-refractivity contribution >= 4 is 5.69 Å². The molecule has 0 amide bonds. The summed E-state index contributed by atoms with van der Waals surface area (Å²) in [5, 5.41) is 3.62. The van der Waals surface area contributed by atoms with Gasteiger partial charge in [0.15, 0.2) is 0 Å². The third-order valence-corrected chi connectivity index (χ3v) is 4.37. The molecule has 0 aromatic heterocycles. The van der Waals surface area contributed by atoms with Crippen LogP contribution >= 0.6 is 0 Å². The van der Waals surface area contributed by atoms with Crippen LogP contribution in [0.5, 0.6) is 0 Å². The normalized spacial score (nSPS) is 28.2. The first-order chi connectivity index (χ1) is 8.36. The maximum absolute atomic E-state index is 3.62. The molecule has 2 aliphatic heterocycles. The highest BCUT2D eigenvalue weighted by Crippen LogP contribution is 2.28. The lowest BCUT2D eigenvalue weighted by atomic mass is 9.93. The molecule has 92 valence electrons. The summed E-state index contributed by atoms with van der Waals surface area (Å²) < 4.78 is 0. The number of nitrogens with zero attached hydrogens (tertiary/aromatic N) is 1. The molecule has 0 radical (unpaired) electrons. The summed E-state index contributed by atoms with van der Waals surface area (Å²) in [4.78, 5) is 2.56. The maximum Gasteiger partial charge on any atom is 0.0366 e. The molecule has 17 heavy (non-hydrogen) atoms. The lowest BCUT2D eigenvalue weighted by molar-refractivity contribution is 0.376. The summed E-state index contributed by atoms with van der Waals surface area (Å²) in [7, 11) is 0. The molecule has 2 aliphatic rings. The van der Waals surface area contributed by atoms with E-state index in [1.54, 1.807) is 0 Å². The summed E-state index contributed by atoms with van der Waals surface area (Å²) >= 11 is 0. The van der Waals surface area contributed by atoms with Crippen molar-refractivity contribution < 1.29 is 0 Å². The monoisotopic (exact) mass is 230 g/mol. The predicted molar refractivity (Wildman–Crippen MR) is 72.5 cm³/mol. The Balaban J connectivity index is 1.71. The van der Waals surface area contributed by atoms with Crippen molar-refractivity contribution in [2.45, 2.75) is 32.2 Å². The van der Waals surface area contributed by atoms with Crippen LogP contribution in [0.4, 0.5) is 5.69 Å². The first kappa shape index (κ1) is 11.1. The minimum atomic E-state index is 0.793. The molecule has 1 N–H and O–H groups in total. The SMILES string of the molecule is CCc1ccc(N2CCC3NCCC3C2)cc1. The molecule has 1 aromatic carbocycles. The van der Waals surface area contributed by atoms with Crippen molar-refractivity contribution in [3.05, 3.63) is 29.8 Å². The molecule has 2 heteroatoms. The average molecular weight is 230 g/mol. The minimum absolute atomic E-state index is 0.793. The first-order valence-electron chi connectivity index (χ1n) is 6.94. The number of piperidine rings is 1. The van der Waals surface area contributed by atoms with Gasteiger partial charge in [-0.15, -0.1) is 0 Å². The Labute approximate surface area is 104 Å². The zero-order chi connectivity index (χ0) is 11.7. The van der Waals surface area contributed by atoms with Crippen LogP contribution in [0, 0.1) is 5.92 Å². The molecule has 2 nitrogen and oxygen atoms in total. The summed E-state index contributed by atoms with van der Waals surface area (Å²) in [6.07, 6.45) is 3.79. The standard InChI is InChI=1S/C15H22N2/c1-2-12-3-5-14(6-4-12)17-10-8-15-13(11-17)7-9-16-15/h3-6,13,15-16H,2,7-11H2,1H3. The van der Waals surface area contributed by atoms with Crippen LogP contribution in [0.15, 0.2) is 24.3 Å². The second kappa shape index (κ2) is 4.69. The fourth-order valence-corrected chi connectivity index (χ4v) is 3.22. The third kappa shape index (κ3) is 2.19. The van der Waals surface area contributed by atoms with Gasteiger partial charge in [-0.2, -0.15) is 0 Å². The van der Waals surface area contributed by atoms with Crippen LogP contribution in [0.3, 0.4) is 0 Å². The number of aryl methyl sites for hydroxylation is 1. The smallest absolute Gasteiger partial charge is 0.0366 e. The highest BCUT2D eigenvalue weighted by Gasteiger charge is 2.32. The van der Waals surface area contributed by atoms with Gasteiger partial charge in [0, 0.05) is 24.8 Å². The van der Waals surface area contributed by atoms with Gasteiger partial charge >= 0.3 is 0 Å². The second-order valence-corrected chi connectivity index (χ2v) is 5.36. The number of hydrogen-bond acceptors (Lipinski definition) is 2. The Morgan fingerprint density at radius 1 is 1.24 bits per heavy atom. The van der Waals surface area contributed by atoms with E-state index in [0.717, 1.165) is 18.4 Å². The Kier molecular flexibility index (Phi) is 3.06. The summed E-state index contributed by atoms with van der Waals surface area (Å²) in [5.74, 6) is 0.870. The molecular weight excluding hydrogens is 208 g/mol. The maximum atomic E-state index is 3.62. The van der Waals surface area contributed by atoms with E-state index in [9.17, 15) is 0 Å². The molecule has 2 heterocycles. The molecule has 0 aliphatic carbocycles. The van der Waals surface area contributed by atoms with Crippen LogP contribution in [0.2, 0.25) is 0 Å². The fourth-order valence-electron chi connectivity index (χ4n) is 3.22. The lowest BCUT2D eigenvalue weighted by Gasteiger charge is -2.36. The molecule has 2 unspecified atom stereocenters. The van der Waals surface area contributed by atoms with Crippen molar-refractivity contribution in [2.24, 2.45) is 5.92 Å². The highest BCUT2D eigenvalue weighted by molar-refractivity contribution is 5.48. The molecule has 0 bridgehead atoms. The van der Waals surface area contributed by atoms with E-state index >= 15 is 0 Å². The van der Waals surface area contributed by atoms with Gasteiger partial charge in [0.2, 0.25) is 0 Å². The zero-order valence-corrected chi connectivity index (χ0v) is 10.7. The van der Waals surface area contributed by atoms with E-state index in [2.05, 4.69) is 41.4 Å². The van der Waals surface area contributed by atoms with Crippen molar-refractivity contribution in [2.75, 3.05) is 24.5 Å². The summed E-state index contributed by atoms with van der Waals surface area (Å²) in [6, 6.07) is 9.92. The number of hydrogen-bond donors (Lipinski definition) is 1. The van der Waals surface area contributed by atoms with Gasteiger partial charge in [0.25, 0.3) is 0 Å². The first-order valence-corrected chi connectivity index (χ1v) is 6.94. The predicted octanol–water partition coefficient (Wildman–Crippen LogP) is 2.44. The summed E-state index contributed by atoms with van der Waals surface area (Å²) in [6.45, 7) is 5.88. The van der Waals surface area contributed by atoms with E-state index in [1.807, 2.05) is 0 Å². The Hall–Kier alpha value is -1.02. The fraction of sp³-hybridized carbons (Fsp3) is 0.600. The molecular formula is C15H22N2. The van der Waals surface area contributed by atoms with Gasteiger partial charge in [-0.25, -0.2) is 0 Å². The van der Waals surface area contributed by atoms with Crippen LogP contribution in [0.1, 0.15) is 25.3 Å². The van der Waals surface area contributed by atoms with E-state index in [-0.39, 0.29) is 0 Å². The van der Waals surface area contributed by atoms with Gasteiger partial charge in [-0.3, -0.25) is 0 Å². The molecule has 2 fully saturated rings. The van der Waals surface area contributed by atoms with Crippen LogP contribution in [-0.4, -0.2) is 25.7 Å². The molecule has 0 spiro atoms. The average Bonchev–Trinajstić information content (AvgIpc) is 2.86. The van der Waals surface area contributed by atoms with Gasteiger partial charge in [-0.05, 0) is 49.4 Å². The zero-order valence-electron chi connectivity index (χ0n) is 10.7. The Morgan fingerprint density at radius 3 is 2.82 bits per heavy atom. The number of benzene rings is 1. The third-order valence-electron chi connectivity index (χ3n) is 4.37. The highest BCUT2D eigenvalue weighted by atomic mass is 15.2. The molecule has 2 atom stereocenters. The summed E-state index contributed by atoms with van der Waals surface area (Å²) in [5.41, 5.74) is 2.85. The van der Waals surface area contributed by atoms with E-state index in [1.165, 1.54) is 43.7 Å². The number of fused-ring (bicyclic) bond motifs is 1. The van der Waals surface area contributed by atoms with E-state index in [4.69, 9.17) is 0 Å². The minimum Gasteiger partial charge on any atom is -0.371 e. The van der Waals surface area contributed by atoms with Crippen molar-refractivity contribution in [1.29, 1.82) is 0 Å². The quantitative estimate of drug-likeness (QED) is 0.839. The Bertz CT molecular complexity index is 371. The number of anilines is 1. The van der Waals surface area contributed by atoms with Crippen molar-refractivity contribution in [3.63, 3.8) is 0 Å². The molecule has 3 rings (SSSR count). The van der Waals surface area contributed by atoms with Gasteiger partial charge in [0.1, 0.15) is 0 Å². The molecule has 0 saturated carbocycles. The topological polar surface area (TPSA) is 15.3 Å². The Morgan fingerprint density at radius 2 is 2.06 bits per heavy atom. The molecule has 1 aromatic rings. The number of rotatable bonds is 2. The van der Waals surface area contributed by atoms with Crippen LogP contribution < -0.4 is 10.2 Å². The van der Waals surface area contributed by atoms with Crippen molar-refractivity contribution in [3.8, 4) is 0 Å². The van der Waals surface area contributed by atoms with Gasteiger partial charge in [0.05, 0.1) is 0 Å². The van der Waals surface area contributed by atoms with E-state index < -0.39 is 0 Å². The van der Waals surface area contributed by atoms with E-state index in [0.29, 0.717) is 0 Å². The van der Waals surface area contributed by atoms with Gasteiger partial charge < -0.3 is 10.2 Å². The second-order valence-electron chi connectivity index (χ2n) is 5.36. The van der Waals surface area contributed by atoms with Crippen LogP contribution in [-0.2, 0) is 6.42 Å². The number of nitrogens with one attached hydrogen (secondary N) is 1. The molecule has 2 saturated heterocycles.